The Morgan fingerprint density at radius 3 is 0.436 bits per heavy atom. The normalized spacial score (nSPS) is 33.3. The van der Waals surface area contributed by atoms with E-state index in [2.05, 4.69) is 27.7 Å². The number of rotatable bonds is 12. The largest absolute Gasteiger partial charge is 0.741 e. The molecule has 0 aromatic carbocycles. The number of quaternary nitrogens is 1. The van der Waals surface area contributed by atoms with Crippen molar-refractivity contribution in [3.05, 3.63) is 0 Å². The maximum atomic E-state index is 15.4. The van der Waals surface area contributed by atoms with Gasteiger partial charge in [-0.15, -0.1) is 0 Å². The van der Waals surface area contributed by atoms with E-state index < -0.39 is 15.6 Å². The molecule has 17 fully saturated rings. The minimum Gasteiger partial charge on any atom is -0.741 e. The molecule has 662 valence electrons. The summed E-state index contributed by atoms with van der Waals surface area (Å²) in [6, 6.07) is -2.63. The number of fused-ring (bicyclic) bond motifs is 40. The monoisotopic (exact) mass is 1670 g/mol. The molecule has 17 aliphatic rings. The molecule has 0 aromatic heterocycles. The molecule has 0 unspecified atom stereocenters. The molecular weight excluding hydrogens is 1530 g/mol. The minimum absolute atomic E-state index is 0.103. The van der Waals surface area contributed by atoms with Crippen LogP contribution >= 0.6 is 0 Å². The van der Waals surface area contributed by atoms with Gasteiger partial charge in [0.2, 0.25) is 0 Å². The predicted octanol–water partition coefficient (Wildman–Crippen LogP) is 12.3. The number of nitrogens with zero attached hydrogens (tertiary/aromatic N) is 17. The lowest BCUT2D eigenvalue weighted by atomic mass is 9.89. The van der Waals surface area contributed by atoms with Gasteiger partial charge in [0.25, 0.3) is 0 Å². The zero-order chi connectivity index (χ0) is 83.4. The van der Waals surface area contributed by atoms with Gasteiger partial charge in [-0.3, -0.25) is 0 Å². The first-order valence-electron chi connectivity index (χ1n) is 45.9. The molecular formula is C83H140F3N17O13S. The lowest BCUT2D eigenvalue weighted by molar-refractivity contribution is -0.929. The van der Waals surface area contributed by atoms with Crippen LogP contribution in [0.15, 0.2) is 0 Å². The Kier molecular flexibility index (Phi) is 29.1. The highest BCUT2D eigenvalue weighted by Gasteiger charge is 2.61. The highest BCUT2D eigenvalue weighted by Crippen LogP contribution is 2.47. The van der Waals surface area contributed by atoms with Crippen molar-refractivity contribution in [2.24, 2.45) is 0 Å². The molecule has 16 atom stereocenters. The highest BCUT2D eigenvalue weighted by atomic mass is 32.2. The van der Waals surface area contributed by atoms with Crippen LogP contribution in [0.3, 0.4) is 0 Å². The number of hydrogen-bond donors (Lipinski definition) is 2. The zero-order valence-corrected chi connectivity index (χ0v) is 71.9. The summed E-state index contributed by atoms with van der Waals surface area (Å²) in [5.41, 5.74) is -5.65. The molecule has 17 rings (SSSR count). The smallest absolute Gasteiger partial charge is 0.485 e. The average molecular weight is 1670 g/mol. The van der Waals surface area contributed by atoms with Crippen LogP contribution in [0.1, 0.15) is 285 Å². The van der Waals surface area contributed by atoms with Crippen molar-refractivity contribution in [1.82, 2.24) is 78.4 Å². The Balaban J connectivity index is 0.000000353. The molecule has 2 N–H and O–H groups in total. The van der Waals surface area contributed by atoms with Crippen LogP contribution in [0, 0.1) is 0 Å². The van der Waals surface area contributed by atoms with Crippen LogP contribution in [0.4, 0.5) is 51.5 Å². The lowest BCUT2D eigenvalue weighted by Crippen LogP contribution is -2.50. The number of halogens is 3. The van der Waals surface area contributed by atoms with Gasteiger partial charge < -0.3 is 97.6 Å². The van der Waals surface area contributed by atoms with Crippen molar-refractivity contribution in [2.45, 2.75) is 387 Å². The fourth-order valence-electron chi connectivity index (χ4n) is 24.7. The van der Waals surface area contributed by atoms with E-state index in [9.17, 15) is 13.2 Å². The summed E-state index contributed by atoms with van der Waals surface area (Å²) in [5.74, 6) is 0. The third-order valence-corrected chi connectivity index (χ3v) is 31.1. The number of aliphatic hydroxyl groups is 2. The van der Waals surface area contributed by atoms with Gasteiger partial charge in [0.05, 0.1) is 176 Å². The first kappa shape index (κ1) is 88.5. The standard InChI is InChI=1S/C64H96N16O8.C16H36N.CHF3O3S.2CH4O/c81-57-65-33-67-43-19-3-4-20-44(43)69(58(67)82)35-71-47-23-7-8-24-48(47)73(60(71)84)37-75-51-27-11-12-28-52(51)77(62(75)86)39-79-55-31-15-16-32-56(55)80(64(79)88)40-78-54-30-14-13-29-53(54)76(63(78)87)38-74-50-26-10-9-25-49(50)72(61(74)85)36-70-46-22-6-5-21-45(46)68(59(70)83)34-66(57)42-18-2-1-17-41(42)65;1-5-9-13-17(14-10-6-2,15-11-7-3)16-12-8-4;2-1(3,4)8(5,6)7;2*1-2/h41-56H,1-40H2;5-16H2,1-4H3;(H,5,6,7);2*2H,1H3/q;+1;;;/p-1/t41-,42-,43-,44-,45-,46-,47-,48-,49-,50-,51-,52-,53-,54-,55-,56-;;;;/m1..../s1. The number of carbonyl (C=O) groups is 8. The second-order valence-corrected chi connectivity index (χ2v) is 38.2. The summed E-state index contributed by atoms with van der Waals surface area (Å²) in [4.78, 5) is 155. The minimum atomic E-state index is -6.09. The van der Waals surface area contributed by atoms with Crippen LogP contribution in [0.2, 0.25) is 0 Å². The van der Waals surface area contributed by atoms with E-state index in [1.165, 1.54) is 82.0 Å². The van der Waals surface area contributed by atoms with Crippen LogP contribution < -0.4 is 0 Å². The second kappa shape index (κ2) is 38.4. The first-order chi connectivity index (χ1) is 56.5. The molecule has 9 saturated heterocycles. The molecule has 34 heteroatoms. The van der Waals surface area contributed by atoms with E-state index in [1.807, 2.05) is 78.4 Å². The molecule has 0 radical (unpaired) electrons. The van der Waals surface area contributed by atoms with Gasteiger partial charge in [-0.25, -0.2) is 46.8 Å². The van der Waals surface area contributed by atoms with Gasteiger partial charge in [-0.05, 0) is 128 Å². The number of urea groups is 8. The number of hydrogen-bond acceptors (Lipinski definition) is 13. The predicted molar refractivity (Wildman–Crippen MR) is 431 cm³/mol. The van der Waals surface area contributed by atoms with Gasteiger partial charge >= 0.3 is 53.8 Å². The molecule has 8 saturated carbocycles. The molecule has 8 aliphatic carbocycles. The Labute approximate surface area is 693 Å². The lowest BCUT2D eigenvalue weighted by Gasteiger charge is -2.39. The third kappa shape index (κ3) is 17.4. The summed E-state index contributed by atoms with van der Waals surface area (Å²) >= 11 is 0. The molecule has 16 amide bonds. The number of unbranched alkanes of at least 4 members (excludes halogenated alkanes) is 4. The SMILES string of the molecule is CCCC[N+](CCCC)(CCCC)CCCC.CO.CO.O=C1N2CN3C(=O)N(CN4C(=O)N(CN5C(=O)N(CN6C(=O)N(CN7C(=O)N(CN8C(=O)N(CN9C(=O)N(CN1[C@@H]1CCCC[C@H]12)[C@@H]1CCCC[C@H]19)[C@@H]1CCCC[C@H]18)[C@@H]1CCCC[C@H]17)[C@@H]1CCCC[C@H]16)[C@@H]1CCCC[C@H]15)[C@@H]1CCCC[C@H]14)[C@@H]1CCCC[C@H]13.O=S(=O)([O-])C(F)(F)F. The van der Waals surface area contributed by atoms with Crippen LogP contribution in [-0.2, 0) is 10.1 Å². The zero-order valence-electron chi connectivity index (χ0n) is 71.0. The van der Waals surface area contributed by atoms with Crippen molar-refractivity contribution >= 4 is 58.4 Å². The number of amides is 16. The van der Waals surface area contributed by atoms with Crippen molar-refractivity contribution in [3.63, 3.8) is 0 Å². The fourth-order valence-corrected chi connectivity index (χ4v) is 24.7. The Morgan fingerprint density at radius 2 is 0.359 bits per heavy atom. The molecule has 16 bridgehead atoms. The first-order valence-corrected chi connectivity index (χ1v) is 47.3. The van der Waals surface area contributed by atoms with Crippen LogP contribution in [0.5, 0.6) is 0 Å². The van der Waals surface area contributed by atoms with Gasteiger partial charge in [0, 0.05) is 14.2 Å². The van der Waals surface area contributed by atoms with E-state index in [0.717, 1.165) is 220 Å². The van der Waals surface area contributed by atoms with Crippen molar-refractivity contribution in [3.8, 4) is 0 Å². The maximum Gasteiger partial charge on any atom is 0.485 e. The molecule has 117 heavy (non-hydrogen) atoms. The quantitative estimate of drug-likeness (QED) is 0.105. The summed E-state index contributed by atoms with van der Waals surface area (Å²) in [6.45, 7) is 16.4. The third-order valence-electron chi connectivity index (χ3n) is 30.6. The highest BCUT2D eigenvalue weighted by molar-refractivity contribution is 7.86. The van der Waals surface area contributed by atoms with Crippen molar-refractivity contribution < 1.29 is 79.2 Å². The number of alkyl halides is 3. The van der Waals surface area contributed by atoms with E-state index in [4.69, 9.17) is 23.2 Å². The topological polar surface area (TPSA) is 286 Å². The Morgan fingerprint density at radius 1 is 0.265 bits per heavy atom. The van der Waals surface area contributed by atoms with Crippen LogP contribution in [0.25, 0.3) is 0 Å². The van der Waals surface area contributed by atoms with Gasteiger partial charge in [0.1, 0.15) is 0 Å². The van der Waals surface area contributed by atoms with Crippen molar-refractivity contribution in [1.29, 1.82) is 0 Å². The fraction of sp³-hybridized carbons (Fsp3) is 0.904. The summed E-state index contributed by atoms with van der Waals surface area (Å²) in [6.07, 6.45) is 40.0. The van der Waals surface area contributed by atoms with Gasteiger partial charge in [0.15, 0.2) is 10.1 Å². The van der Waals surface area contributed by atoms with E-state index in [0.29, 0.717) is 0 Å². The maximum absolute atomic E-state index is 15.4. The summed E-state index contributed by atoms with van der Waals surface area (Å²) < 4.78 is 60.3. The van der Waals surface area contributed by atoms with E-state index in [-0.39, 0.29) is 198 Å². The summed E-state index contributed by atoms with van der Waals surface area (Å²) in [5, 5.41) is 14.0. The average Bonchev–Trinajstić information content (AvgIpc) is 1.59. The van der Waals surface area contributed by atoms with Gasteiger partial charge in [-0.2, -0.15) is 13.2 Å². The molecule has 9 heterocycles. The number of carbonyl (C=O) groups excluding carboxylic acids is 8. The van der Waals surface area contributed by atoms with E-state index >= 15 is 38.4 Å². The molecule has 0 spiro atoms. The molecule has 9 aliphatic heterocycles. The number of aliphatic hydroxyl groups excluding tert-OH is 2. The Bertz CT molecular complexity index is 2810. The second-order valence-electron chi connectivity index (χ2n) is 36.8. The summed E-state index contributed by atoms with van der Waals surface area (Å²) in [7, 11) is -4.09. The van der Waals surface area contributed by atoms with Crippen molar-refractivity contribution in [2.75, 3.05) is 93.7 Å². The Hall–Kier alpha value is -6.26. The van der Waals surface area contributed by atoms with E-state index in [1.54, 1.807) is 0 Å². The van der Waals surface area contributed by atoms with Gasteiger partial charge in [-0.1, -0.05) is 156 Å². The molecule has 30 nitrogen and oxygen atoms in total. The molecule has 0 aromatic rings. The van der Waals surface area contributed by atoms with Crippen LogP contribution in [-0.4, -0.2) is 350 Å².